The summed E-state index contributed by atoms with van der Waals surface area (Å²) in [6, 6.07) is 0. The fourth-order valence-electron chi connectivity index (χ4n) is 1.79. The lowest BCUT2D eigenvalue weighted by atomic mass is 9.83. The second-order valence-electron chi connectivity index (χ2n) is 4.42. The first-order valence-corrected chi connectivity index (χ1v) is 4.44. The molecule has 0 aliphatic carbocycles. The van der Waals surface area contributed by atoms with Crippen LogP contribution in [0.3, 0.4) is 0 Å². The number of nitrogens with one attached hydrogen (secondary N) is 2. The Balaban J connectivity index is 3.06. The predicted molar refractivity (Wildman–Crippen MR) is 53.6 cm³/mol. The maximum atomic E-state index is 9.32. The number of aliphatic hydroxyl groups is 1. The molecule has 1 aliphatic heterocycles. The van der Waals surface area contributed by atoms with Crippen LogP contribution < -0.4 is 10.6 Å². The molecule has 3 heteroatoms. The third kappa shape index (κ3) is 2.04. The van der Waals surface area contributed by atoms with E-state index in [1.54, 1.807) is 0 Å². The Kier molecular flexibility index (Phi) is 2.39. The van der Waals surface area contributed by atoms with Gasteiger partial charge in [-0.1, -0.05) is 27.4 Å². The Labute approximate surface area is 79.5 Å². The van der Waals surface area contributed by atoms with Gasteiger partial charge in [0.25, 0.3) is 0 Å². The number of hydrogen-bond acceptors (Lipinski definition) is 3. The minimum absolute atomic E-state index is 0.0430. The van der Waals surface area contributed by atoms with Crippen LogP contribution in [-0.2, 0) is 0 Å². The van der Waals surface area contributed by atoms with E-state index in [0.29, 0.717) is 0 Å². The zero-order valence-corrected chi connectivity index (χ0v) is 8.73. The molecule has 1 atom stereocenters. The van der Waals surface area contributed by atoms with Crippen molar-refractivity contribution >= 4 is 0 Å². The van der Waals surface area contributed by atoms with Gasteiger partial charge in [-0.15, -0.1) is 0 Å². The summed E-state index contributed by atoms with van der Waals surface area (Å²) in [5.74, 6) is 0. The summed E-state index contributed by atoms with van der Waals surface area (Å²) in [5.41, 5.74) is 2.97. The molecule has 1 aliphatic rings. The maximum Gasteiger partial charge on any atom is 0.202 e. The van der Waals surface area contributed by atoms with Crippen LogP contribution in [0.5, 0.6) is 0 Å². The number of allylic oxidation sites excluding steroid dienone is 2. The van der Waals surface area contributed by atoms with Crippen molar-refractivity contribution < 1.29 is 5.11 Å². The van der Waals surface area contributed by atoms with Crippen molar-refractivity contribution in [1.82, 2.24) is 10.6 Å². The van der Waals surface area contributed by atoms with Gasteiger partial charge in [0.15, 0.2) is 0 Å². The highest BCUT2D eigenvalue weighted by atomic mass is 16.3. The number of hydrogen-bond donors (Lipinski definition) is 3. The lowest BCUT2D eigenvalue weighted by Crippen LogP contribution is -2.46. The van der Waals surface area contributed by atoms with E-state index in [1.807, 2.05) is 6.92 Å². The Bertz CT molecular complexity index is 261. The third-order valence-corrected chi connectivity index (χ3v) is 2.09. The largest absolute Gasteiger partial charge is 0.357 e. The monoisotopic (exact) mass is 182 g/mol. The van der Waals surface area contributed by atoms with E-state index in [-0.39, 0.29) is 5.41 Å². The molecule has 3 nitrogen and oxygen atoms in total. The topological polar surface area (TPSA) is 44.3 Å². The standard InChI is InChI=1S/C10H18N2O/c1-6-8(10(3,4)5)7(2)12-9(13)11-6/h9,11-13H,1H2,2-5H3. The molecule has 1 unspecified atom stereocenters. The molecule has 0 saturated heterocycles. The lowest BCUT2D eigenvalue weighted by Gasteiger charge is -2.34. The van der Waals surface area contributed by atoms with Crippen LogP contribution >= 0.6 is 0 Å². The average molecular weight is 182 g/mol. The van der Waals surface area contributed by atoms with Crippen LogP contribution in [-0.4, -0.2) is 11.5 Å². The molecule has 0 saturated carbocycles. The van der Waals surface area contributed by atoms with Crippen molar-refractivity contribution in [2.24, 2.45) is 5.41 Å². The smallest absolute Gasteiger partial charge is 0.202 e. The van der Waals surface area contributed by atoms with Crippen LogP contribution in [0.25, 0.3) is 0 Å². The van der Waals surface area contributed by atoms with Crippen molar-refractivity contribution in [2.45, 2.75) is 34.0 Å². The van der Waals surface area contributed by atoms with Gasteiger partial charge >= 0.3 is 0 Å². The maximum absolute atomic E-state index is 9.32. The van der Waals surface area contributed by atoms with Crippen LogP contribution in [0, 0.1) is 5.41 Å². The Morgan fingerprint density at radius 3 is 2.23 bits per heavy atom. The van der Waals surface area contributed by atoms with Crippen LogP contribution in [0.1, 0.15) is 27.7 Å². The fraction of sp³-hybridized carbons (Fsp3) is 0.600. The quantitative estimate of drug-likeness (QED) is 0.529. The molecule has 0 amide bonds. The van der Waals surface area contributed by atoms with Crippen molar-refractivity contribution in [3.63, 3.8) is 0 Å². The van der Waals surface area contributed by atoms with E-state index in [4.69, 9.17) is 0 Å². The molecular formula is C10H18N2O. The molecule has 0 bridgehead atoms. The Morgan fingerprint density at radius 2 is 1.85 bits per heavy atom. The summed E-state index contributed by atoms with van der Waals surface area (Å²) < 4.78 is 0. The summed E-state index contributed by atoms with van der Waals surface area (Å²) in [6.07, 6.45) is -0.710. The summed E-state index contributed by atoms with van der Waals surface area (Å²) in [6.45, 7) is 12.2. The zero-order chi connectivity index (χ0) is 10.2. The first-order valence-electron chi connectivity index (χ1n) is 4.44. The van der Waals surface area contributed by atoms with Gasteiger partial charge in [0.2, 0.25) is 6.35 Å². The highest BCUT2D eigenvalue weighted by Gasteiger charge is 2.26. The SMILES string of the molecule is C=C1NC(O)NC(C)=C1C(C)(C)C. The third-order valence-electron chi connectivity index (χ3n) is 2.09. The molecule has 0 fully saturated rings. The molecule has 0 aromatic carbocycles. The van der Waals surface area contributed by atoms with Crippen LogP contribution in [0.4, 0.5) is 0 Å². The van der Waals surface area contributed by atoms with E-state index in [1.165, 1.54) is 0 Å². The van der Waals surface area contributed by atoms with Crippen molar-refractivity contribution in [3.8, 4) is 0 Å². The second-order valence-corrected chi connectivity index (χ2v) is 4.42. The van der Waals surface area contributed by atoms with E-state index < -0.39 is 6.35 Å². The summed E-state index contributed by atoms with van der Waals surface area (Å²) >= 11 is 0. The molecule has 74 valence electrons. The van der Waals surface area contributed by atoms with Gasteiger partial charge in [-0.2, -0.15) is 0 Å². The highest BCUT2D eigenvalue weighted by molar-refractivity contribution is 5.37. The van der Waals surface area contributed by atoms with Crippen LogP contribution in [0.15, 0.2) is 23.5 Å². The molecule has 13 heavy (non-hydrogen) atoms. The van der Waals surface area contributed by atoms with Gasteiger partial charge in [-0.3, -0.25) is 0 Å². The van der Waals surface area contributed by atoms with Gasteiger partial charge in [0.1, 0.15) is 0 Å². The van der Waals surface area contributed by atoms with Gasteiger partial charge in [-0.05, 0) is 17.9 Å². The van der Waals surface area contributed by atoms with E-state index >= 15 is 0 Å². The average Bonchev–Trinajstić information content (AvgIpc) is 1.78. The fourth-order valence-corrected chi connectivity index (χ4v) is 1.79. The van der Waals surface area contributed by atoms with Gasteiger partial charge < -0.3 is 15.7 Å². The molecule has 0 spiro atoms. The highest BCUT2D eigenvalue weighted by Crippen LogP contribution is 2.32. The molecule has 0 aromatic rings. The predicted octanol–water partition coefficient (Wildman–Crippen LogP) is 1.29. The molecule has 1 heterocycles. The first kappa shape index (κ1) is 10.1. The summed E-state index contributed by atoms with van der Waals surface area (Å²) in [7, 11) is 0. The van der Waals surface area contributed by atoms with Crippen molar-refractivity contribution in [3.05, 3.63) is 23.5 Å². The second kappa shape index (κ2) is 3.07. The Hall–Kier alpha value is -0.960. The Morgan fingerprint density at radius 1 is 1.31 bits per heavy atom. The van der Waals surface area contributed by atoms with E-state index in [0.717, 1.165) is 17.0 Å². The van der Waals surface area contributed by atoms with Crippen molar-refractivity contribution in [1.29, 1.82) is 0 Å². The minimum Gasteiger partial charge on any atom is -0.357 e. The molecule has 0 aromatic heterocycles. The van der Waals surface area contributed by atoms with Crippen molar-refractivity contribution in [2.75, 3.05) is 0 Å². The van der Waals surface area contributed by atoms with Gasteiger partial charge in [-0.25, -0.2) is 0 Å². The molecule has 3 N–H and O–H groups in total. The van der Waals surface area contributed by atoms with E-state index in [2.05, 4.69) is 38.0 Å². The molecule has 0 radical (unpaired) electrons. The molecule has 1 rings (SSSR count). The number of rotatable bonds is 0. The van der Waals surface area contributed by atoms with E-state index in [9.17, 15) is 5.11 Å². The van der Waals surface area contributed by atoms with Gasteiger partial charge in [0.05, 0.1) is 0 Å². The summed E-state index contributed by atoms with van der Waals surface area (Å²) in [4.78, 5) is 0. The lowest BCUT2D eigenvalue weighted by molar-refractivity contribution is 0.116. The zero-order valence-electron chi connectivity index (χ0n) is 8.73. The first-order chi connectivity index (χ1) is 5.82. The van der Waals surface area contributed by atoms with Gasteiger partial charge in [0, 0.05) is 11.4 Å². The summed E-state index contributed by atoms with van der Waals surface area (Å²) in [5, 5.41) is 15.1. The minimum atomic E-state index is -0.710. The molecular weight excluding hydrogens is 164 g/mol. The van der Waals surface area contributed by atoms with Crippen LogP contribution in [0.2, 0.25) is 0 Å². The normalized spacial score (nSPS) is 24.1. The number of aliphatic hydroxyl groups excluding tert-OH is 1.